The van der Waals surface area contributed by atoms with E-state index in [-0.39, 0.29) is 24.9 Å². The van der Waals surface area contributed by atoms with E-state index in [0.29, 0.717) is 19.3 Å². The molecular weight excluding hydrogens is 839 g/mol. The molecule has 0 aromatic rings. The van der Waals surface area contributed by atoms with Gasteiger partial charge in [0.15, 0.2) is 0 Å². The quantitative estimate of drug-likeness (QED) is 0.0321. The first-order valence-corrected chi connectivity index (χ1v) is 29.5. The molecule has 0 aromatic heterocycles. The standard InChI is InChI=1S/C62H113NO5/c1-4-7-10-13-16-19-22-25-27-29-30-32-34-37-40-43-46-49-52-55-62(67)68-58(53-50-47-44-41-38-35-24-21-18-15-12-9-6-3)56-61(66)63-59(57-64)60(65)54-51-48-45-42-39-36-33-31-28-26-23-20-17-14-11-8-5-2/h16,19,21,24-25,27,30,32,37,40,58-60,64-65H,4-15,17-18,20,22-23,26,28-29,31,33-36,38-39,41-57H2,1-3H3,(H,63,66)/b19-16-,24-21-,27-25-,32-30-,40-37-. The lowest BCUT2D eigenvalue weighted by molar-refractivity contribution is -0.151. The van der Waals surface area contributed by atoms with E-state index in [4.69, 9.17) is 4.74 Å². The SMILES string of the molecule is CCCCC/C=C\C/C=C\C/C=C\C/C=C\CCCCCC(=O)OC(CCCCCCC/C=C\CCCCCC)CC(=O)NC(CO)C(O)CCCCCCCCCCCCCCCCCCC. The number of carbonyl (C=O) groups is 2. The van der Waals surface area contributed by atoms with Gasteiger partial charge in [0, 0.05) is 6.42 Å². The molecule has 6 nitrogen and oxygen atoms in total. The number of allylic oxidation sites excluding steroid dienone is 10. The second kappa shape index (κ2) is 55.5. The summed E-state index contributed by atoms with van der Waals surface area (Å²) in [6.45, 7) is 6.46. The molecule has 6 heteroatoms. The zero-order valence-corrected chi connectivity index (χ0v) is 45.2. The van der Waals surface area contributed by atoms with Crippen molar-refractivity contribution in [2.24, 2.45) is 0 Å². The Morgan fingerprint density at radius 2 is 0.750 bits per heavy atom. The molecule has 0 heterocycles. The molecule has 1 amide bonds. The molecule has 3 atom stereocenters. The fourth-order valence-corrected chi connectivity index (χ4v) is 8.82. The van der Waals surface area contributed by atoms with Crippen LogP contribution in [0.15, 0.2) is 60.8 Å². The second-order valence-corrected chi connectivity index (χ2v) is 20.0. The Hall–Kier alpha value is -2.44. The Morgan fingerprint density at radius 3 is 1.19 bits per heavy atom. The molecule has 0 saturated heterocycles. The van der Waals surface area contributed by atoms with Crippen LogP contribution in [0.1, 0.15) is 297 Å². The highest BCUT2D eigenvalue weighted by Crippen LogP contribution is 2.18. The van der Waals surface area contributed by atoms with Gasteiger partial charge in [-0.3, -0.25) is 9.59 Å². The first-order valence-electron chi connectivity index (χ1n) is 29.5. The molecule has 396 valence electrons. The number of ether oxygens (including phenoxy) is 1. The van der Waals surface area contributed by atoms with E-state index in [1.807, 2.05) is 0 Å². The van der Waals surface area contributed by atoms with E-state index in [9.17, 15) is 19.8 Å². The molecule has 68 heavy (non-hydrogen) atoms. The molecule has 0 aliphatic heterocycles. The predicted molar refractivity (Wildman–Crippen MR) is 296 cm³/mol. The van der Waals surface area contributed by atoms with Gasteiger partial charge in [-0.1, -0.05) is 248 Å². The van der Waals surface area contributed by atoms with Crippen molar-refractivity contribution in [1.82, 2.24) is 5.32 Å². The zero-order valence-electron chi connectivity index (χ0n) is 45.2. The van der Waals surface area contributed by atoms with Crippen LogP contribution in [-0.2, 0) is 14.3 Å². The van der Waals surface area contributed by atoms with E-state index in [0.717, 1.165) is 89.9 Å². The summed E-state index contributed by atoms with van der Waals surface area (Å²) in [6, 6.07) is -0.713. The summed E-state index contributed by atoms with van der Waals surface area (Å²) >= 11 is 0. The Kier molecular flexibility index (Phi) is 53.5. The van der Waals surface area contributed by atoms with Crippen molar-refractivity contribution in [2.75, 3.05) is 6.61 Å². The monoisotopic (exact) mass is 952 g/mol. The highest BCUT2D eigenvalue weighted by Gasteiger charge is 2.24. The summed E-state index contributed by atoms with van der Waals surface area (Å²) in [4.78, 5) is 26.3. The first-order chi connectivity index (χ1) is 33.5. The summed E-state index contributed by atoms with van der Waals surface area (Å²) in [6.07, 6.45) is 70.0. The minimum Gasteiger partial charge on any atom is -0.462 e. The van der Waals surface area contributed by atoms with Crippen molar-refractivity contribution < 1.29 is 24.5 Å². The minimum absolute atomic E-state index is 0.0587. The van der Waals surface area contributed by atoms with Gasteiger partial charge in [-0.2, -0.15) is 0 Å². The van der Waals surface area contributed by atoms with Gasteiger partial charge in [0.05, 0.1) is 25.2 Å². The van der Waals surface area contributed by atoms with Crippen LogP contribution in [0.2, 0.25) is 0 Å². The molecule has 0 rings (SSSR count). The normalized spacial score (nSPS) is 13.5. The predicted octanol–water partition coefficient (Wildman–Crippen LogP) is 18.4. The Morgan fingerprint density at radius 1 is 0.426 bits per heavy atom. The van der Waals surface area contributed by atoms with E-state index in [2.05, 4.69) is 86.8 Å². The molecule has 0 bridgehead atoms. The Bertz CT molecular complexity index is 1210. The highest BCUT2D eigenvalue weighted by atomic mass is 16.5. The topological polar surface area (TPSA) is 95.9 Å². The summed E-state index contributed by atoms with van der Waals surface area (Å²) in [5, 5.41) is 23.9. The third-order valence-electron chi connectivity index (χ3n) is 13.3. The molecule has 0 radical (unpaired) electrons. The summed E-state index contributed by atoms with van der Waals surface area (Å²) in [5.74, 6) is -0.511. The van der Waals surface area contributed by atoms with E-state index < -0.39 is 18.2 Å². The molecule has 0 aromatic carbocycles. The van der Waals surface area contributed by atoms with Gasteiger partial charge in [0.2, 0.25) is 5.91 Å². The maximum Gasteiger partial charge on any atom is 0.306 e. The largest absolute Gasteiger partial charge is 0.462 e. The van der Waals surface area contributed by atoms with Crippen LogP contribution in [0.5, 0.6) is 0 Å². The van der Waals surface area contributed by atoms with Crippen LogP contribution in [0.25, 0.3) is 0 Å². The number of hydrogen-bond donors (Lipinski definition) is 3. The van der Waals surface area contributed by atoms with E-state index >= 15 is 0 Å². The minimum atomic E-state index is -0.798. The van der Waals surface area contributed by atoms with Crippen molar-refractivity contribution in [3.63, 3.8) is 0 Å². The van der Waals surface area contributed by atoms with Gasteiger partial charge < -0.3 is 20.3 Å². The average molecular weight is 953 g/mol. The zero-order chi connectivity index (χ0) is 49.5. The van der Waals surface area contributed by atoms with E-state index in [1.165, 1.54) is 161 Å². The summed E-state index contributed by atoms with van der Waals surface area (Å²) in [5.41, 5.74) is 0. The lowest BCUT2D eigenvalue weighted by Gasteiger charge is -2.24. The lowest BCUT2D eigenvalue weighted by Crippen LogP contribution is -2.46. The van der Waals surface area contributed by atoms with Gasteiger partial charge in [-0.15, -0.1) is 0 Å². The number of amides is 1. The number of aliphatic hydroxyl groups excluding tert-OH is 2. The van der Waals surface area contributed by atoms with Crippen molar-refractivity contribution in [3.05, 3.63) is 60.8 Å². The molecule has 3 unspecified atom stereocenters. The van der Waals surface area contributed by atoms with Crippen molar-refractivity contribution in [1.29, 1.82) is 0 Å². The smallest absolute Gasteiger partial charge is 0.306 e. The van der Waals surface area contributed by atoms with Crippen LogP contribution in [0.4, 0.5) is 0 Å². The lowest BCUT2D eigenvalue weighted by atomic mass is 10.0. The van der Waals surface area contributed by atoms with Gasteiger partial charge in [-0.25, -0.2) is 0 Å². The molecule has 0 spiro atoms. The van der Waals surface area contributed by atoms with E-state index in [1.54, 1.807) is 0 Å². The molecule has 0 fully saturated rings. The van der Waals surface area contributed by atoms with Crippen molar-refractivity contribution in [3.8, 4) is 0 Å². The number of unbranched alkanes of at least 4 members (excludes halogenated alkanes) is 31. The number of aliphatic hydroxyl groups is 2. The first kappa shape index (κ1) is 65.6. The number of nitrogens with one attached hydrogen (secondary N) is 1. The molecule has 0 aliphatic carbocycles. The molecule has 0 aliphatic rings. The van der Waals surface area contributed by atoms with Gasteiger partial charge in [-0.05, 0) is 96.3 Å². The van der Waals surface area contributed by atoms with Crippen LogP contribution >= 0.6 is 0 Å². The highest BCUT2D eigenvalue weighted by molar-refractivity contribution is 5.77. The van der Waals surface area contributed by atoms with Crippen LogP contribution in [0.3, 0.4) is 0 Å². The fraction of sp³-hybridized carbons (Fsp3) is 0.806. The van der Waals surface area contributed by atoms with Gasteiger partial charge in [0.25, 0.3) is 0 Å². The van der Waals surface area contributed by atoms with Gasteiger partial charge in [0.1, 0.15) is 6.10 Å². The summed E-state index contributed by atoms with van der Waals surface area (Å²) in [7, 11) is 0. The maximum absolute atomic E-state index is 13.3. The van der Waals surface area contributed by atoms with Crippen LogP contribution in [0, 0.1) is 0 Å². The Balaban J connectivity index is 4.56. The second-order valence-electron chi connectivity index (χ2n) is 20.0. The maximum atomic E-state index is 13.3. The van der Waals surface area contributed by atoms with Crippen molar-refractivity contribution in [2.45, 2.75) is 315 Å². The van der Waals surface area contributed by atoms with Crippen molar-refractivity contribution >= 4 is 11.9 Å². The van der Waals surface area contributed by atoms with Crippen LogP contribution in [-0.4, -0.2) is 46.9 Å². The number of hydrogen-bond acceptors (Lipinski definition) is 5. The molecule has 0 saturated carbocycles. The number of esters is 1. The fourth-order valence-electron chi connectivity index (χ4n) is 8.82. The van der Waals surface area contributed by atoms with Crippen LogP contribution < -0.4 is 5.32 Å². The number of carbonyl (C=O) groups excluding carboxylic acids is 2. The molecular formula is C62H113NO5. The molecule has 3 N–H and O–H groups in total. The number of rotatable bonds is 53. The summed E-state index contributed by atoms with van der Waals surface area (Å²) < 4.78 is 5.94. The Labute approximate surface area is 422 Å². The van der Waals surface area contributed by atoms with Gasteiger partial charge >= 0.3 is 5.97 Å². The average Bonchev–Trinajstić information content (AvgIpc) is 3.33. The third kappa shape index (κ3) is 50.0. The third-order valence-corrected chi connectivity index (χ3v) is 13.3.